The average molecular weight is 279 g/mol. The first kappa shape index (κ1) is 13.0. The normalized spacial score (nSPS) is 9.95. The second-order valence-corrected chi connectivity index (χ2v) is 3.91. The number of hydrogen-bond donors (Lipinski definition) is 0. The molecule has 0 aliphatic carbocycles. The van der Waals surface area contributed by atoms with Crippen LogP contribution in [0.2, 0.25) is 5.02 Å². The van der Waals surface area contributed by atoms with Gasteiger partial charge in [-0.1, -0.05) is 11.6 Å². The van der Waals surface area contributed by atoms with Gasteiger partial charge >= 0.3 is 5.97 Å². The highest BCUT2D eigenvalue weighted by Crippen LogP contribution is 2.23. The molecule has 7 heteroatoms. The van der Waals surface area contributed by atoms with E-state index in [0.29, 0.717) is 0 Å². The SMILES string of the molecule is O=C(Oc1cccnc1)c1ccc([N+](=O)[O-])cc1Cl. The summed E-state index contributed by atoms with van der Waals surface area (Å²) in [6.45, 7) is 0. The van der Waals surface area contributed by atoms with Crippen molar-refractivity contribution < 1.29 is 14.5 Å². The van der Waals surface area contributed by atoms with Gasteiger partial charge in [0.05, 0.1) is 21.7 Å². The van der Waals surface area contributed by atoms with Crippen molar-refractivity contribution in [1.29, 1.82) is 0 Å². The number of esters is 1. The number of halogens is 1. The third kappa shape index (κ3) is 3.05. The summed E-state index contributed by atoms with van der Waals surface area (Å²) in [6.07, 6.45) is 2.91. The number of hydrogen-bond acceptors (Lipinski definition) is 5. The second kappa shape index (κ2) is 5.45. The number of nitrogens with zero attached hydrogens (tertiary/aromatic N) is 2. The fourth-order valence-electron chi connectivity index (χ4n) is 1.35. The van der Waals surface area contributed by atoms with Gasteiger partial charge in [0.25, 0.3) is 5.69 Å². The standard InChI is InChI=1S/C12H7ClN2O4/c13-11-6-8(15(17)18)3-4-10(11)12(16)19-9-2-1-5-14-7-9/h1-7H. The van der Waals surface area contributed by atoms with Crippen LogP contribution in [0.4, 0.5) is 5.69 Å². The van der Waals surface area contributed by atoms with Crippen molar-refractivity contribution in [1.82, 2.24) is 4.98 Å². The third-order valence-corrected chi connectivity index (χ3v) is 2.54. The Balaban J connectivity index is 2.22. The van der Waals surface area contributed by atoms with Gasteiger partial charge in [0.1, 0.15) is 5.75 Å². The van der Waals surface area contributed by atoms with Crippen LogP contribution in [-0.4, -0.2) is 15.9 Å². The quantitative estimate of drug-likeness (QED) is 0.490. The molecule has 0 atom stereocenters. The van der Waals surface area contributed by atoms with Crippen molar-refractivity contribution in [2.75, 3.05) is 0 Å². The molecule has 6 nitrogen and oxygen atoms in total. The summed E-state index contributed by atoms with van der Waals surface area (Å²) in [5, 5.41) is 10.5. The van der Waals surface area contributed by atoms with Crippen molar-refractivity contribution >= 4 is 23.3 Å². The molecule has 0 radical (unpaired) electrons. The summed E-state index contributed by atoms with van der Waals surface area (Å²) >= 11 is 5.81. The summed E-state index contributed by atoms with van der Waals surface area (Å²) in [4.78, 5) is 25.6. The molecule has 0 unspecified atom stereocenters. The van der Waals surface area contributed by atoms with E-state index in [9.17, 15) is 14.9 Å². The van der Waals surface area contributed by atoms with Crippen molar-refractivity contribution in [3.63, 3.8) is 0 Å². The van der Waals surface area contributed by atoms with Crippen LogP contribution in [0.5, 0.6) is 5.75 Å². The van der Waals surface area contributed by atoms with Crippen LogP contribution in [-0.2, 0) is 0 Å². The number of carbonyl (C=O) groups excluding carboxylic acids is 1. The molecule has 0 saturated carbocycles. The van der Waals surface area contributed by atoms with Gasteiger partial charge in [-0.3, -0.25) is 15.1 Å². The molecule has 0 fully saturated rings. The van der Waals surface area contributed by atoms with E-state index in [1.807, 2.05) is 0 Å². The van der Waals surface area contributed by atoms with Crippen LogP contribution >= 0.6 is 11.6 Å². The molecule has 1 aromatic heterocycles. The highest BCUT2D eigenvalue weighted by molar-refractivity contribution is 6.33. The van der Waals surface area contributed by atoms with Gasteiger partial charge in [-0.2, -0.15) is 0 Å². The zero-order valence-electron chi connectivity index (χ0n) is 9.45. The number of carbonyl (C=O) groups is 1. The Kier molecular flexibility index (Phi) is 3.72. The molecule has 1 heterocycles. The minimum atomic E-state index is -0.701. The van der Waals surface area contributed by atoms with E-state index >= 15 is 0 Å². The van der Waals surface area contributed by atoms with Gasteiger partial charge in [0, 0.05) is 18.3 Å². The molecule has 19 heavy (non-hydrogen) atoms. The maximum Gasteiger partial charge on any atom is 0.345 e. The number of non-ortho nitro benzene ring substituents is 1. The van der Waals surface area contributed by atoms with E-state index in [1.54, 1.807) is 12.1 Å². The zero-order chi connectivity index (χ0) is 13.8. The highest BCUT2D eigenvalue weighted by atomic mass is 35.5. The number of nitro benzene ring substituents is 1. The summed E-state index contributed by atoms with van der Waals surface area (Å²) < 4.78 is 5.03. The molecular formula is C12H7ClN2O4. The van der Waals surface area contributed by atoms with Crippen LogP contribution in [0.3, 0.4) is 0 Å². The fourth-order valence-corrected chi connectivity index (χ4v) is 1.60. The van der Waals surface area contributed by atoms with E-state index in [-0.39, 0.29) is 22.0 Å². The summed E-state index contributed by atoms with van der Waals surface area (Å²) in [7, 11) is 0. The van der Waals surface area contributed by atoms with Crippen LogP contribution in [0, 0.1) is 10.1 Å². The largest absolute Gasteiger partial charge is 0.421 e. The van der Waals surface area contributed by atoms with Gasteiger partial charge in [-0.05, 0) is 18.2 Å². The molecule has 0 N–H and O–H groups in total. The molecule has 0 saturated heterocycles. The average Bonchev–Trinajstić information content (AvgIpc) is 2.39. The topological polar surface area (TPSA) is 82.3 Å². The Labute approximate surface area is 112 Å². The Morgan fingerprint density at radius 1 is 1.37 bits per heavy atom. The Morgan fingerprint density at radius 2 is 2.16 bits per heavy atom. The lowest BCUT2D eigenvalue weighted by atomic mass is 10.2. The van der Waals surface area contributed by atoms with E-state index in [2.05, 4.69) is 4.98 Å². The van der Waals surface area contributed by atoms with Crippen molar-refractivity contribution in [2.45, 2.75) is 0 Å². The molecule has 0 spiro atoms. The molecule has 0 aliphatic rings. The predicted molar refractivity (Wildman–Crippen MR) is 67.3 cm³/mol. The van der Waals surface area contributed by atoms with Crippen molar-refractivity contribution in [3.8, 4) is 5.75 Å². The van der Waals surface area contributed by atoms with E-state index in [0.717, 1.165) is 6.07 Å². The first-order valence-corrected chi connectivity index (χ1v) is 5.52. The van der Waals surface area contributed by atoms with Crippen LogP contribution < -0.4 is 4.74 Å². The number of benzene rings is 1. The highest BCUT2D eigenvalue weighted by Gasteiger charge is 2.16. The minimum Gasteiger partial charge on any atom is -0.421 e. The van der Waals surface area contributed by atoms with Crippen LogP contribution in [0.25, 0.3) is 0 Å². The Morgan fingerprint density at radius 3 is 2.74 bits per heavy atom. The Bertz CT molecular complexity index is 631. The van der Waals surface area contributed by atoms with Gasteiger partial charge in [-0.25, -0.2) is 4.79 Å². The first-order valence-electron chi connectivity index (χ1n) is 5.14. The maximum atomic E-state index is 11.8. The van der Waals surface area contributed by atoms with Crippen molar-refractivity contribution in [3.05, 3.63) is 63.4 Å². The van der Waals surface area contributed by atoms with Crippen LogP contribution in [0.1, 0.15) is 10.4 Å². The molecular weight excluding hydrogens is 272 g/mol. The van der Waals surface area contributed by atoms with E-state index < -0.39 is 10.9 Å². The number of nitro groups is 1. The second-order valence-electron chi connectivity index (χ2n) is 3.50. The van der Waals surface area contributed by atoms with Gasteiger partial charge in [-0.15, -0.1) is 0 Å². The predicted octanol–water partition coefficient (Wildman–Crippen LogP) is 2.86. The van der Waals surface area contributed by atoms with Gasteiger partial charge < -0.3 is 4.74 Å². The lowest BCUT2D eigenvalue weighted by Crippen LogP contribution is -2.09. The minimum absolute atomic E-state index is 0.0388. The lowest BCUT2D eigenvalue weighted by molar-refractivity contribution is -0.384. The maximum absolute atomic E-state index is 11.8. The molecule has 2 rings (SSSR count). The van der Waals surface area contributed by atoms with Crippen LogP contribution in [0.15, 0.2) is 42.7 Å². The van der Waals surface area contributed by atoms with Gasteiger partial charge in [0.15, 0.2) is 0 Å². The van der Waals surface area contributed by atoms with Gasteiger partial charge in [0.2, 0.25) is 0 Å². The lowest BCUT2D eigenvalue weighted by Gasteiger charge is -2.05. The number of rotatable bonds is 3. The molecule has 96 valence electrons. The summed E-state index contributed by atoms with van der Waals surface area (Å²) in [5.74, 6) is -0.435. The van der Waals surface area contributed by atoms with E-state index in [1.165, 1.54) is 24.5 Å². The number of ether oxygens (including phenoxy) is 1. The fraction of sp³-hybridized carbons (Fsp3) is 0. The molecule has 0 aliphatic heterocycles. The number of pyridine rings is 1. The summed E-state index contributed by atoms with van der Waals surface area (Å²) in [5.41, 5.74) is -0.140. The molecule has 2 aromatic rings. The third-order valence-electron chi connectivity index (χ3n) is 2.23. The monoisotopic (exact) mass is 278 g/mol. The molecule has 0 bridgehead atoms. The van der Waals surface area contributed by atoms with E-state index in [4.69, 9.17) is 16.3 Å². The Hall–Kier alpha value is -2.47. The zero-order valence-corrected chi connectivity index (χ0v) is 10.2. The molecule has 1 aromatic carbocycles. The smallest absolute Gasteiger partial charge is 0.345 e. The number of aromatic nitrogens is 1. The summed E-state index contributed by atoms with van der Waals surface area (Å²) in [6, 6.07) is 6.70. The first-order chi connectivity index (χ1) is 9.08. The van der Waals surface area contributed by atoms with Crippen molar-refractivity contribution in [2.24, 2.45) is 0 Å². The molecule has 0 amide bonds.